The van der Waals surface area contributed by atoms with Gasteiger partial charge >= 0.3 is 0 Å². The predicted molar refractivity (Wildman–Crippen MR) is 144 cm³/mol. The number of anilines is 1. The molecule has 0 bridgehead atoms. The van der Waals surface area contributed by atoms with Gasteiger partial charge in [-0.3, -0.25) is 14.2 Å². The van der Waals surface area contributed by atoms with Gasteiger partial charge in [0.25, 0.3) is 0 Å². The second kappa shape index (κ2) is 12.2. The molecule has 0 radical (unpaired) electrons. The maximum Gasteiger partial charge on any atom is 0.193 e. The van der Waals surface area contributed by atoms with Crippen LogP contribution in [0.25, 0.3) is 16.7 Å². The highest BCUT2D eigenvalue weighted by atomic mass is 32.2. The lowest BCUT2D eigenvalue weighted by molar-refractivity contribution is 0.111. The van der Waals surface area contributed by atoms with E-state index in [1.54, 1.807) is 31.2 Å². The topological polar surface area (TPSA) is 67.2 Å². The Morgan fingerprint density at radius 2 is 1.85 bits per heavy atom. The summed E-state index contributed by atoms with van der Waals surface area (Å²) < 4.78 is 1.82. The number of aldehydes is 1. The number of aromatic nitrogens is 2. The number of pyridine rings is 2. The number of benzene rings is 1. The molecule has 2 aromatic heterocycles. The zero-order chi connectivity index (χ0) is 24.5. The first kappa shape index (κ1) is 25.2. The van der Waals surface area contributed by atoms with Gasteiger partial charge in [-0.05, 0) is 49.9 Å². The van der Waals surface area contributed by atoms with E-state index in [-0.39, 0.29) is 11.1 Å². The first-order chi connectivity index (χ1) is 16.5. The van der Waals surface area contributed by atoms with Crippen molar-refractivity contribution >= 4 is 34.9 Å². The van der Waals surface area contributed by atoms with Crippen molar-refractivity contribution in [1.29, 1.82) is 0 Å². The number of rotatable bonds is 6. The highest BCUT2D eigenvalue weighted by Crippen LogP contribution is 2.24. The number of nitrogens with zero attached hydrogens (tertiary/aromatic N) is 3. The molecule has 1 N–H and O–H groups in total. The highest BCUT2D eigenvalue weighted by Gasteiger charge is 2.15. The third-order valence-electron chi connectivity index (χ3n) is 5.34. The summed E-state index contributed by atoms with van der Waals surface area (Å²) in [5.74, 6) is 3.18. The molecule has 3 heterocycles. The quantitative estimate of drug-likeness (QED) is 0.407. The van der Waals surface area contributed by atoms with E-state index in [4.69, 9.17) is 0 Å². The van der Waals surface area contributed by atoms with Crippen molar-refractivity contribution in [3.05, 3.63) is 101 Å². The standard InChI is InChI=1S/C22H19N3O2.C5H11NS/c1-4-9-16(5-2)23-20-13-19(27)21-15(3)12-17(14-26)24-22(21)25(20)18-10-7-6-8-11-18;1-6-2-4-7-5-3-6/h4-14,23H,1-2H2,3H3;2-5H2,1H3/b16-9+;. The van der Waals surface area contributed by atoms with Gasteiger partial charge in [0.05, 0.1) is 5.39 Å². The number of thioether (sulfide) groups is 1. The molecule has 0 saturated carbocycles. The van der Waals surface area contributed by atoms with E-state index >= 15 is 0 Å². The first-order valence-electron chi connectivity index (χ1n) is 11.0. The lowest BCUT2D eigenvalue weighted by Gasteiger charge is -2.20. The van der Waals surface area contributed by atoms with Crippen molar-refractivity contribution in [2.24, 2.45) is 0 Å². The van der Waals surface area contributed by atoms with Crippen LogP contribution < -0.4 is 10.7 Å². The third-order valence-corrected chi connectivity index (χ3v) is 6.29. The van der Waals surface area contributed by atoms with Crippen molar-refractivity contribution in [2.45, 2.75) is 6.92 Å². The Morgan fingerprint density at radius 3 is 2.41 bits per heavy atom. The first-order valence-corrected chi connectivity index (χ1v) is 12.2. The number of para-hydroxylation sites is 1. The van der Waals surface area contributed by atoms with Gasteiger partial charge in [-0.1, -0.05) is 37.4 Å². The molecule has 7 heteroatoms. The maximum atomic E-state index is 12.8. The Kier molecular flexibility index (Phi) is 9.01. The fourth-order valence-corrected chi connectivity index (χ4v) is 4.69. The second-order valence-corrected chi connectivity index (χ2v) is 9.07. The van der Waals surface area contributed by atoms with Gasteiger partial charge in [-0.15, -0.1) is 0 Å². The molecule has 4 rings (SSSR count). The maximum absolute atomic E-state index is 12.8. The van der Waals surface area contributed by atoms with Crippen LogP contribution in [0.5, 0.6) is 0 Å². The zero-order valence-corrected chi connectivity index (χ0v) is 20.5. The van der Waals surface area contributed by atoms with E-state index in [2.05, 4.69) is 47.2 Å². The molecule has 0 atom stereocenters. The molecule has 0 spiro atoms. The molecule has 176 valence electrons. The zero-order valence-electron chi connectivity index (χ0n) is 19.7. The minimum atomic E-state index is -0.177. The summed E-state index contributed by atoms with van der Waals surface area (Å²) in [5, 5.41) is 3.67. The van der Waals surface area contributed by atoms with Crippen LogP contribution in [0.3, 0.4) is 0 Å². The average molecular weight is 475 g/mol. The Bertz CT molecular complexity index is 1260. The Balaban J connectivity index is 0.000000396. The molecule has 3 aromatic rings. The number of hydrogen-bond acceptors (Lipinski definition) is 6. The van der Waals surface area contributed by atoms with E-state index in [9.17, 15) is 9.59 Å². The van der Waals surface area contributed by atoms with Gasteiger partial charge in [0.15, 0.2) is 17.4 Å². The van der Waals surface area contributed by atoms with Gasteiger partial charge in [-0.25, -0.2) is 4.98 Å². The van der Waals surface area contributed by atoms with Gasteiger partial charge in [0.1, 0.15) is 11.5 Å². The van der Waals surface area contributed by atoms with Gasteiger partial charge in [0.2, 0.25) is 0 Å². The third kappa shape index (κ3) is 6.12. The van der Waals surface area contributed by atoms with E-state index < -0.39 is 0 Å². The van der Waals surface area contributed by atoms with Crippen LogP contribution in [0.4, 0.5) is 5.82 Å². The predicted octanol–water partition coefficient (Wildman–Crippen LogP) is 4.84. The van der Waals surface area contributed by atoms with Crippen molar-refractivity contribution in [3.63, 3.8) is 0 Å². The van der Waals surface area contributed by atoms with Crippen molar-refractivity contribution in [2.75, 3.05) is 37.0 Å². The molecular weight excluding hydrogens is 444 g/mol. The summed E-state index contributed by atoms with van der Waals surface area (Å²) >= 11 is 2.06. The summed E-state index contributed by atoms with van der Waals surface area (Å²) in [5.41, 5.74) is 2.70. The number of fused-ring (bicyclic) bond motifs is 1. The summed E-state index contributed by atoms with van der Waals surface area (Å²) in [6.45, 7) is 11.8. The van der Waals surface area contributed by atoms with Crippen LogP contribution >= 0.6 is 11.8 Å². The smallest absolute Gasteiger partial charge is 0.193 e. The van der Waals surface area contributed by atoms with Gasteiger partial charge in [0, 0.05) is 42.0 Å². The number of carbonyl (C=O) groups excluding carboxylic acids is 1. The summed E-state index contributed by atoms with van der Waals surface area (Å²) in [7, 11) is 2.18. The van der Waals surface area contributed by atoms with Crippen LogP contribution in [-0.2, 0) is 0 Å². The molecule has 0 unspecified atom stereocenters. The number of nitrogens with one attached hydrogen (secondary N) is 1. The molecule has 1 fully saturated rings. The summed E-state index contributed by atoms with van der Waals surface area (Å²) in [4.78, 5) is 30.9. The normalized spacial score (nSPS) is 14.1. The SMILES string of the molecule is C=C/C=C(\C=C)Nc1cc(=O)c2c(C)cc(C=O)nc2n1-c1ccccc1.CN1CCSCC1. The number of hydrogen-bond donors (Lipinski definition) is 1. The van der Waals surface area contributed by atoms with Crippen LogP contribution in [0, 0.1) is 6.92 Å². The molecule has 0 aliphatic carbocycles. The molecule has 0 amide bonds. The molecule has 1 saturated heterocycles. The minimum Gasteiger partial charge on any atom is -0.341 e. The van der Waals surface area contributed by atoms with Crippen molar-refractivity contribution in [3.8, 4) is 5.69 Å². The lowest BCUT2D eigenvalue weighted by atomic mass is 10.1. The largest absolute Gasteiger partial charge is 0.341 e. The molecule has 1 aliphatic heterocycles. The number of aryl methyl sites for hydroxylation is 1. The van der Waals surface area contributed by atoms with E-state index in [0.29, 0.717) is 34.4 Å². The van der Waals surface area contributed by atoms with Crippen molar-refractivity contribution < 1.29 is 4.79 Å². The highest BCUT2D eigenvalue weighted by molar-refractivity contribution is 7.99. The average Bonchev–Trinajstić information content (AvgIpc) is 2.84. The van der Waals surface area contributed by atoms with Crippen LogP contribution in [0.1, 0.15) is 16.1 Å². The molecule has 34 heavy (non-hydrogen) atoms. The van der Waals surface area contributed by atoms with Crippen molar-refractivity contribution in [1.82, 2.24) is 14.5 Å². The van der Waals surface area contributed by atoms with E-state index in [1.807, 2.05) is 34.9 Å². The van der Waals surface area contributed by atoms with Crippen LogP contribution in [-0.4, -0.2) is 52.4 Å². The van der Waals surface area contributed by atoms with Crippen LogP contribution in [0.15, 0.2) is 84.3 Å². The molecule has 6 nitrogen and oxygen atoms in total. The monoisotopic (exact) mass is 474 g/mol. The number of carbonyl (C=O) groups is 1. The van der Waals surface area contributed by atoms with Gasteiger partial charge in [-0.2, -0.15) is 11.8 Å². The molecular formula is C27H30N4O2S. The summed E-state index contributed by atoms with van der Waals surface area (Å²) in [6, 6.07) is 12.6. The van der Waals surface area contributed by atoms with E-state index in [0.717, 1.165) is 5.69 Å². The Labute approximate surface area is 204 Å². The van der Waals surface area contributed by atoms with Crippen LogP contribution in [0.2, 0.25) is 0 Å². The summed E-state index contributed by atoms with van der Waals surface area (Å²) in [6.07, 6.45) is 5.69. The fourth-order valence-electron chi connectivity index (χ4n) is 3.60. The van der Waals surface area contributed by atoms with E-state index in [1.165, 1.54) is 30.7 Å². The second-order valence-electron chi connectivity index (χ2n) is 7.85. The Morgan fingerprint density at radius 1 is 1.15 bits per heavy atom. The Hall–Kier alpha value is -3.42. The van der Waals surface area contributed by atoms with Gasteiger partial charge < -0.3 is 10.2 Å². The molecule has 1 aromatic carbocycles. The number of allylic oxidation sites excluding steroid dienone is 3. The molecule has 1 aliphatic rings. The lowest BCUT2D eigenvalue weighted by Crippen LogP contribution is -2.28. The minimum absolute atomic E-state index is 0.177. The fraction of sp³-hybridized carbons (Fsp3) is 0.222.